The van der Waals surface area contributed by atoms with Crippen LogP contribution in [-0.2, 0) is 4.74 Å². The van der Waals surface area contributed by atoms with Crippen LogP contribution >= 0.6 is 34.5 Å². The number of anilines is 1. The number of carbonyl (C=O) groups is 2. The summed E-state index contributed by atoms with van der Waals surface area (Å²) >= 11 is 12.9. The molecule has 0 aliphatic rings. The van der Waals surface area contributed by atoms with Gasteiger partial charge in [-0.3, -0.25) is 10.1 Å². The summed E-state index contributed by atoms with van der Waals surface area (Å²) < 4.78 is 10.3. The maximum atomic E-state index is 12.4. The highest BCUT2D eigenvalue weighted by atomic mass is 35.5. The molecule has 0 spiro atoms. The Morgan fingerprint density at radius 2 is 2.04 bits per heavy atom. The molecular weight excluding hydrogens is 413 g/mol. The first kappa shape index (κ1) is 19.3. The van der Waals surface area contributed by atoms with Crippen LogP contribution < -0.4 is 5.32 Å². The maximum absolute atomic E-state index is 12.4. The number of rotatable bonds is 5. The smallest absolute Gasteiger partial charge is 0.350 e. The standard InChI is InChI=1S/C17H13Cl2N3O4S/c1-3-25-16(24)13-8(2)20-17(27-13)22-14(23)12-7-26-15(21-12)9-4-5-10(18)11(19)6-9/h4-7H,3H2,1-2H3,(H,20,22,23). The van der Waals surface area contributed by atoms with Crippen LogP contribution in [0.15, 0.2) is 28.9 Å². The number of carbonyl (C=O) groups excluding carboxylic acids is 2. The molecule has 0 bridgehead atoms. The average Bonchev–Trinajstić information content (AvgIpc) is 3.24. The molecule has 3 aromatic rings. The predicted molar refractivity (Wildman–Crippen MR) is 103 cm³/mol. The molecule has 1 N–H and O–H groups in total. The number of halogens is 2. The Kier molecular flexibility index (Phi) is 5.79. The number of aryl methyl sites for hydroxylation is 1. The van der Waals surface area contributed by atoms with Crippen LogP contribution in [0.1, 0.15) is 32.8 Å². The summed E-state index contributed by atoms with van der Waals surface area (Å²) in [5, 5.41) is 3.61. The highest BCUT2D eigenvalue weighted by Crippen LogP contribution is 2.28. The molecule has 27 heavy (non-hydrogen) atoms. The summed E-state index contributed by atoms with van der Waals surface area (Å²) in [6.07, 6.45) is 1.22. The Morgan fingerprint density at radius 1 is 1.26 bits per heavy atom. The molecule has 2 aromatic heterocycles. The van der Waals surface area contributed by atoms with Crippen LogP contribution in [0.2, 0.25) is 10.0 Å². The normalized spacial score (nSPS) is 10.7. The van der Waals surface area contributed by atoms with E-state index in [1.165, 1.54) is 6.26 Å². The second kappa shape index (κ2) is 8.08. The molecule has 0 radical (unpaired) electrons. The third kappa shape index (κ3) is 4.29. The molecule has 3 rings (SSSR count). The fraction of sp³-hybridized carbons (Fsp3) is 0.176. The van der Waals surface area contributed by atoms with Gasteiger partial charge in [0.1, 0.15) is 11.1 Å². The third-order valence-corrected chi connectivity index (χ3v) is 5.17. The van der Waals surface area contributed by atoms with Crippen LogP contribution in [0.25, 0.3) is 11.5 Å². The summed E-state index contributed by atoms with van der Waals surface area (Å²) in [5.41, 5.74) is 1.12. The lowest BCUT2D eigenvalue weighted by Gasteiger charge is -1.99. The van der Waals surface area contributed by atoms with Crippen LogP contribution in [0.3, 0.4) is 0 Å². The summed E-state index contributed by atoms with van der Waals surface area (Å²) in [5.74, 6) is -0.771. The van der Waals surface area contributed by atoms with Crippen molar-refractivity contribution in [3.63, 3.8) is 0 Å². The highest BCUT2D eigenvalue weighted by molar-refractivity contribution is 7.17. The number of thiazole rings is 1. The number of ether oxygens (including phenoxy) is 1. The zero-order valence-electron chi connectivity index (χ0n) is 14.2. The van der Waals surface area contributed by atoms with Gasteiger partial charge in [0.25, 0.3) is 5.91 Å². The summed E-state index contributed by atoms with van der Waals surface area (Å²) in [6, 6.07) is 4.88. The number of nitrogens with zero attached hydrogens (tertiary/aromatic N) is 2. The number of benzene rings is 1. The zero-order valence-corrected chi connectivity index (χ0v) is 16.5. The molecule has 0 fully saturated rings. The zero-order chi connectivity index (χ0) is 19.6. The second-order valence-electron chi connectivity index (χ2n) is 5.27. The lowest BCUT2D eigenvalue weighted by Crippen LogP contribution is -2.12. The fourth-order valence-electron chi connectivity index (χ4n) is 2.14. The van der Waals surface area contributed by atoms with Crippen LogP contribution in [0.5, 0.6) is 0 Å². The third-order valence-electron chi connectivity index (χ3n) is 3.38. The van der Waals surface area contributed by atoms with Gasteiger partial charge in [-0.25, -0.2) is 14.8 Å². The predicted octanol–water partition coefficient (Wildman–Crippen LogP) is 4.84. The van der Waals surface area contributed by atoms with E-state index in [2.05, 4.69) is 15.3 Å². The first-order chi connectivity index (χ1) is 12.9. The van der Waals surface area contributed by atoms with Crippen molar-refractivity contribution in [1.82, 2.24) is 9.97 Å². The van der Waals surface area contributed by atoms with Crippen LogP contribution in [-0.4, -0.2) is 28.5 Å². The van der Waals surface area contributed by atoms with Crippen molar-refractivity contribution in [3.05, 3.63) is 50.8 Å². The number of aromatic nitrogens is 2. The Bertz CT molecular complexity index is 1020. The van der Waals surface area contributed by atoms with Crippen molar-refractivity contribution in [2.75, 3.05) is 11.9 Å². The topological polar surface area (TPSA) is 94.3 Å². The molecular formula is C17H13Cl2N3O4S. The summed E-state index contributed by atoms with van der Waals surface area (Å²) in [6.45, 7) is 3.64. The largest absolute Gasteiger partial charge is 0.462 e. The highest BCUT2D eigenvalue weighted by Gasteiger charge is 2.20. The average molecular weight is 426 g/mol. The van der Waals surface area contributed by atoms with Gasteiger partial charge in [-0.15, -0.1) is 0 Å². The fourth-order valence-corrected chi connectivity index (χ4v) is 3.29. The first-order valence-corrected chi connectivity index (χ1v) is 9.33. The number of nitrogens with one attached hydrogen (secondary N) is 1. The van der Waals surface area contributed by atoms with Crippen molar-refractivity contribution >= 4 is 51.5 Å². The molecule has 0 atom stereocenters. The second-order valence-corrected chi connectivity index (χ2v) is 7.09. The van der Waals surface area contributed by atoms with Crippen LogP contribution in [0, 0.1) is 6.92 Å². The number of oxazole rings is 1. The van der Waals surface area contributed by atoms with E-state index in [4.69, 9.17) is 32.4 Å². The molecule has 0 aliphatic carbocycles. The first-order valence-electron chi connectivity index (χ1n) is 7.76. The van der Waals surface area contributed by atoms with E-state index in [0.717, 1.165) is 11.3 Å². The van der Waals surface area contributed by atoms with Gasteiger partial charge < -0.3 is 9.15 Å². The van der Waals surface area contributed by atoms with Crippen molar-refractivity contribution in [2.24, 2.45) is 0 Å². The minimum absolute atomic E-state index is 0.0570. The van der Waals surface area contributed by atoms with Gasteiger partial charge in [0.05, 0.1) is 22.3 Å². The maximum Gasteiger partial charge on any atom is 0.350 e. The molecule has 1 amide bonds. The van der Waals surface area contributed by atoms with E-state index < -0.39 is 11.9 Å². The molecule has 10 heteroatoms. The van der Waals surface area contributed by atoms with E-state index in [-0.39, 0.29) is 23.3 Å². The molecule has 0 saturated heterocycles. The molecule has 7 nitrogen and oxygen atoms in total. The minimum Gasteiger partial charge on any atom is -0.462 e. The lowest BCUT2D eigenvalue weighted by atomic mass is 10.2. The van der Waals surface area contributed by atoms with Gasteiger partial charge >= 0.3 is 5.97 Å². The van der Waals surface area contributed by atoms with Gasteiger partial charge in [-0.05, 0) is 32.0 Å². The number of amides is 1. The molecule has 0 saturated carbocycles. The number of esters is 1. The van der Waals surface area contributed by atoms with Crippen LogP contribution in [0.4, 0.5) is 5.13 Å². The lowest BCUT2D eigenvalue weighted by molar-refractivity contribution is 0.0531. The number of hydrogen-bond donors (Lipinski definition) is 1. The van der Waals surface area contributed by atoms with Gasteiger partial charge in [-0.2, -0.15) is 0 Å². The Labute approximate surface area is 168 Å². The van der Waals surface area contributed by atoms with Gasteiger partial charge in [0.15, 0.2) is 10.8 Å². The number of hydrogen-bond acceptors (Lipinski definition) is 7. The van der Waals surface area contributed by atoms with E-state index >= 15 is 0 Å². The Morgan fingerprint density at radius 3 is 2.74 bits per heavy atom. The minimum atomic E-state index is -0.519. The van der Waals surface area contributed by atoms with Crippen molar-refractivity contribution in [3.8, 4) is 11.5 Å². The van der Waals surface area contributed by atoms with E-state index in [1.54, 1.807) is 32.0 Å². The SMILES string of the molecule is CCOC(=O)c1sc(NC(=O)c2coc(-c3ccc(Cl)c(Cl)c3)n2)nc1C. The van der Waals surface area contributed by atoms with E-state index in [9.17, 15) is 9.59 Å². The van der Waals surface area contributed by atoms with Crippen molar-refractivity contribution in [1.29, 1.82) is 0 Å². The molecule has 2 heterocycles. The molecule has 140 valence electrons. The molecule has 1 aromatic carbocycles. The molecule has 0 unspecified atom stereocenters. The van der Waals surface area contributed by atoms with Gasteiger partial charge in [-0.1, -0.05) is 34.5 Å². The van der Waals surface area contributed by atoms with Gasteiger partial charge in [0.2, 0.25) is 5.89 Å². The van der Waals surface area contributed by atoms with E-state index in [0.29, 0.717) is 26.2 Å². The van der Waals surface area contributed by atoms with Crippen molar-refractivity contribution < 1.29 is 18.7 Å². The van der Waals surface area contributed by atoms with E-state index in [1.807, 2.05) is 0 Å². The summed E-state index contributed by atoms with van der Waals surface area (Å²) in [7, 11) is 0. The van der Waals surface area contributed by atoms with Gasteiger partial charge in [0, 0.05) is 5.56 Å². The Hall–Kier alpha value is -2.42. The van der Waals surface area contributed by atoms with Crippen molar-refractivity contribution in [2.45, 2.75) is 13.8 Å². The molecule has 0 aliphatic heterocycles. The monoisotopic (exact) mass is 425 g/mol. The summed E-state index contributed by atoms with van der Waals surface area (Å²) in [4.78, 5) is 32.8. The Balaban J connectivity index is 1.76. The quantitative estimate of drug-likeness (QED) is 0.587.